The number of hydrazone groups is 1. The van der Waals surface area contributed by atoms with Crippen molar-refractivity contribution in [3.63, 3.8) is 0 Å². The van der Waals surface area contributed by atoms with Crippen LogP contribution in [0.2, 0.25) is 10.0 Å². The third kappa shape index (κ3) is 2.87. The molecule has 1 aromatic heterocycles. The fourth-order valence-corrected chi connectivity index (χ4v) is 4.61. The number of benzene rings is 2. The average Bonchev–Trinajstić information content (AvgIpc) is 3.33. The zero-order valence-electron chi connectivity index (χ0n) is 14.0. The molecule has 0 spiro atoms. The van der Waals surface area contributed by atoms with E-state index in [4.69, 9.17) is 33.0 Å². The van der Waals surface area contributed by atoms with Gasteiger partial charge in [0.25, 0.3) is 0 Å². The Morgan fingerprint density at radius 2 is 1.93 bits per heavy atom. The highest BCUT2D eigenvalue weighted by Crippen LogP contribution is 2.48. The second-order valence-corrected chi connectivity index (χ2v) is 8.17. The quantitative estimate of drug-likeness (QED) is 0.556. The van der Waals surface area contributed by atoms with E-state index in [1.165, 1.54) is 0 Å². The van der Waals surface area contributed by atoms with Gasteiger partial charge in [-0.25, -0.2) is 5.01 Å². The lowest BCUT2D eigenvalue weighted by molar-refractivity contribution is -0.0187. The van der Waals surface area contributed by atoms with E-state index in [1.54, 1.807) is 29.5 Å². The van der Waals surface area contributed by atoms with Crippen molar-refractivity contribution in [1.29, 1.82) is 0 Å². The molecule has 0 saturated carbocycles. The van der Waals surface area contributed by atoms with Gasteiger partial charge in [-0.1, -0.05) is 23.2 Å². The van der Waals surface area contributed by atoms with E-state index in [1.807, 2.05) is 34.7 Å². The third-order valence-electron chi connectivity index (χ3n) is 4.85. The Kier molecular flexibility index (Phi) is 4.04. The van der Waals surface area contributed by atoms with Crippen molar-refractivity contribution >= 4 is 40.3 Å². The van der Waals surface area contributed by atoms with Crippen molar-refractivity contribution in [2.24, 2.45) is 5.10 Å². The molecule has 0 amide bonds. The Morgan fingerprint density at radius 3 is 2.74 bits per heavy atom. The Hall–Kier alpha value is -2.21. The summed E-state index contributed by atoms with van der Waals surface area (Å²) in [5, 5.41) is 22.4. The molecular formula is C20H14Cl2N2O2S. The number of hydrogen-bond donors (Lipinski definition) is 1. The number of hydrogen-bond acceptors (Lipinski definition) is 5. The van der Waals surface area contributed by atoms with Gasteiger partial charge in [0.1, 0.15) is 11.5 Å². The highest BCUT2D eigenvalue weighted by atomic mass is 35.5. The molecule has 7 heteroatoms. The van der Waals surface area contributed by atoms with Crippen LogP contribution >= 0.6 is 34.5 Å². The molecule has 0 radical (unpaired) electrons. The van der Waals surface area contributed by atoms with Crippen molar-refractivity contribution < 1.29 is 9.84 Å². The summed E-state index contributed by atoms with van der Waals surface area (Å²) in [6, 6.07) is 12.7. The van der Waals surface area contributed by atoms with E-state index in [0.29, 0.717) is 22.0 Å². The highest BCUT2D eigenvalue weighted by molar-refractivity contribution is 7.07. The zero-order valence-corrected chi connectivity index (χ0v) is 16.3. The number of aromatic hydroxyl groups is 1. The molecule has 0 unspecified atom stereocenters. The first-order chi connectivity index (χ1) is 13.1. The average molecular weight is 417 g/mol. The molecule has 27 heavy (non-hydrogen) atoms. The fraction of sp³-hybridized carbons (Fsp3) is 0.150. The second-order valence-electron chi connectivity index (χ2n) is 6.52. The smallest absolute Gasteiger partial charge is 0.214 e. The molecule has 136 valence electrons. The van der Waals surface area contributed by atoms with Gasteiger partial charge in [-0.2, -0.15) is 16.4 Å². The molecule has 1 N–H and O–H groups in total. The van der Waals surface area contributed by atoms with Gasteiger partial charge in [0.15, 0.2) is 0 Å². The van der Waals surface area contributed by atoms with E-state index in [9.17, 15) is 5.11 Å². The maximum atomic E-state index is 10.3. The minimum Gasteiger partial charge on any atom is -0.507 e. The lowest BCUT2D eigenvalue weighted by atomic mass is 9.96. The Morgan fingerprint density at radius 1 is 1.11 bits per heavy atom. The Labute approximate surface area is 170 Å². The number of phenols is 1. The minimum absolute atomic E-state index is 0.0225. The topological polar surface area (TPSA) is 45.1 Å². The molecule has 3 heterocycles. The molecule has 5 rings (SSSR count). The summed E-state index contributed by atoms with van der Waals surface area (Å²) in [5.74, 6) is 0.973. The van der Waals surface area contributed by atoms with E-state index in [-0.39, 0.29) is 18.0 Å². The summed E-state index contributed by atoms with van der Waals surface area (Å²) in [6.07, 6.45) is 0.305. The van der Waals surface area contributed by atoms with Crippen LogP contribution in [-0.4, -0.2) is 15.8 Å². The van der Waals surface area contributed by atoms with Gasteiger partial charge in [0.2, 0.25) is 6.23 Å². The molecular weight excluding hydrogens is 403 g/mol. The van der Waals surface area contributed by atoms with Gasteiger partial charge < -0.3 is 9.84 Å². The van der Waals surface area contributed by atoms with E-state index in [2.05, 4.69) is 5.38 Å². The molecule has 3 aromatic rings. The van der Waals surface area contributed by atoms with Crippen LogP contribution in [0.15, 0.2) is 58.3 Å². The molecule has 2 aliphatic rings. The zero-order chi connectivity index (χ0) is 18.5. The van der Waals surface area contributed by atoms with Crippen molar-refractivity contribution in [1.82, 2.24) is 5.01 Å². The monoisotopic (exact) mass is 416 g/mol. The lowest BCUT2D eigenvalue weighted by Crippen LogP contribution is -2.33. The molecule has 2 atom stereocenters. The van der Waals surface area contributed by atoms with Crippen LogP contribution in [0.4, 0.5) is 0 Å². The maximum absolute atomic E-state index is 10.3. The fourth-order valence-electron chi connectivity index (χ4n) is 3.60. The first-order valence-electron chi connectivity index (χ1n) is 8.43. The van der Waals surface area contributed by atoms with Crippen molar-refractivity contribution in [2.75, 3.05) is 0 Å². The molecule has 2 aliphatic heterocycles. The van der Waals surface area contributed by atoms with E-state index < -0.39 is 0 Å². The lowest BCUT2D eigenvalue weighted by Gasteiger charge is -2.37. The van der Waals surface area contributed by atoms with Gasteiger partial charge in [0, 0.05) is 33.2 Å². The summed E-state index contributed by atoms with van der Waals surface area (Å²) in [7, 11) is 0. The van der Waals surface area contributed by atoms with Crippen LogP contribution in [0.3, 0.4) is 0 Å². The Balaban J connectivity index is 1.63. The number of phenolic OH excluding ortho intramolecular Hbond substituents is 1. The van der Waals surface area contributed by atoms with Crippen molar-refractivity contribution in [2.45, 2.75) is 18.7 Å². The predicted molar refractivity (Wildman–Crippen MR) is 108 cm³/mol. The van der Waals surface area contributed by atoms with Crippen molar-refractivity contribution in [3.05, 3.63) is 80.0 Å². The number of halogens is 2. The number of fused-ring (bicyclic) bond motifs is 3. The van der Waals surface area contributed by atoms with Gasteiger partial charge >= 0.3 is 0 Å². The molecule has 0 fully saturated rings. The second kappa shape index (κ2) is 6.44. The SMILES string of the molecule is Oc1ccc(Cl)cc1C1=NN2[C@@H](C1)c1cc(Cl)ccc1O[C@H]2c1ccsc1. The summed E-state index contributed by atoms with van der Waals surface area (Å²) in [6.45, 7) is 0. The summed E-state index contributed by atoms with van der Waals surface area (Å²) in [5.41, 5.74) is 3.46. The van der Waals surface area contributed by atoms with Crippen LogP contribution in [0, 0.1) is 0 Å². The standard InChI is InChI=1S/C20H14Cl2N2O2S/c21-12-1-3-18(25)14(7-12)16-9-17-15-8-13(22)2-4-19(15)26-20(24(17)23-16)11-5-6-27-10-11/h1-8,10,17,20,25H,9H2/t17-,20-/m0/s1. The normalized spacial score (nSPS) is 20.7. The third-order valence-corrected chi connectivity index (χ3v) is 6.02. The Bertz CT molecular complexity index is 1050. The summed E-state index contributed by atoms with van der Waals surface area (Å²) >= 11 is 14.0. The van der Waals surface area contributed by atoms with Crippen LogP contribution in [0.5, 0.6) is 11.5 Å². The summed E-state index contributed by atoms with van der Waals surface area (Å²) in [4.78, 5) is 0. The van der Waals surface area contributed by atoms with Gasteiger partial charge in [-0.3, -0.25) is 0 Å². The molecule has 0 saturated heterocycles. The first kappa shape index (κ1) is 16.9. The van der Waals surface area contributed by atoms with Crippen LogP contribution in [-0.2, 0) is 0 Å². The number of nitrogens with zero attached hydrogens (tertiary/aromatic N) is 2. The highest BCUT2D eigenvalue weighted by Gasteiger charge is 2.41. The minimum atomic E-state index is -0.325. The van der Waals surface area contributed by atoms with E-state index in [0.717, 1.165) is 22.6 Å². The first-order valence-corrected chi connectivity index (χ1v) is 10.1. The van der Waals surface area contributed by atoms with E-state index >= 15 is 0 Å². The summed E-state index contributed by atoms with van der Waals surface area (Å²) < 4.78 is 6.26. The number of thiophene rings is 1. The van der Waals surface area contributed by atoms with Gasteiger partial charge in [0.05, 0.1) is 11.8 Å². The predicted octanol–water partition coefficient (Wildman–Crippen LogP) is 6.00. The van der Waals surface area contributed by atoms with Crippen LogP contribution in [0.25, 0.3) is 0 Å². The van der Waals surface area contributed by atoms with Gasteiger partial charge in [-0.15, -0.1) is 0 Å². The number of rotatable bonds is 2. The molecule has 2 aromatic carbocycles. The largest absolute Gasteiger partial charge is 0.507 e. The van der Waals surface area contributed by atoms with Crippen molar-refractivity contribution in [3.8, 4) is 11.5 Å². The van der Waals surface area contributed by atoms with Crippen LogP contribution in [0.1, 0.15) is 35.4 Å². The van der Waals surface area contributed by atoms with Crippen LogP contribution < -0.4 is 4.74 Å². The maximum Gasteiger partial charge on any atom is 0.214 e. The number of ether oxygens (including phenoxy) is 1. The molecule has 0 bridgehead atoms. The van der Waals surface area contributed by atoms with Gasteiger partial charge in [-0.05, 0) is 53.2 Å². The molecule has 4 nitrogen and oxygen atoms in total. The molecule has 0 aliphatic carbocycles.